The number of rotatable bonds is 5. The molecule has 120 valence electrons. The highest BCUT2D eigenvalue weighted by atomic mass is 16.5. The summed E-state index contributed by atoms with van der Waals surface area (Å²) in [5.74, 6) is -1.24. The average Bonchev–Trinajstić information content (AvgIpc) is 2.54. The van der Waals surface area contributed by atoms with Crippen molar-refractivity contribution in [1.82, 2.24) is 5.32 Å². The summed E-state index contributed by atoms with van der Waals surface area (Å²) in [4.78, 5) is 23.7. The Hall–Kier alpha value is -2.04. The van der Waals surface area contributed by atoms with Crippen LogP contribution in [0.4, 0.5) is 0 Å². The Bertz CT molecular complexity index is 526. The molecule has 1 amide bonds. The van der Waals surface area contributed by atoms with E-state index in [0.717, 1.165) is 24.2 Å². The molecular weight excluding hydrogens is 282 g/mol. The molecule has 1 aromatic rings. The van der Waals surface area contributed by atoms with Crippen molar-refractivity contribution in [2.45, 2.75) is 38.6 Å². The fraction of sp³-hybridized carbons (Fsp3) is 0.529. The van der Waals surface area contributed by atoms with Crippen molar-refractivity contribution in [3.8, 4) is 5.75 Å². The van der Waals surface area contributed by atoms with E-state index in [0.29, 0.717) is 12.8 Å². The topological polar surface area (TPSA) is 75.6 Å². The number of carboxylic acids is 1. The highest BCUT2D eigenvalue weighted by Gasteiger charge is 2.36. The number of nitrogens with one attached hydrogen (secondary N) is 1. The third-order valence-electron chi connectivity index (χ3n) is 4.39. The first-order valence-electron chi connectivity index (χ1n) is 7.70. The smallest absolute Gasteiger partial charge is 0.307 e. The van der Waals surface area contributed by atoms with Gasteiger partial charge in [-0.2, -0.15) is 0 Å². The van der Waals surface area contributed by atoms with E-state index in [4.69, 9.17) is 4.74 Å². The average molecular weight is 305 g/mol. The molecule has 0 spiro atoms. The second-order valence-corrected chi connectivity index (χ2v) is 5.84. The molecule has 0 heterocycles. The van der Waals surface area contributed by atoms with Crippen LogP contribution in [0, 0.1) is 11.8 Å². The van der Waals surface area contributed by atoms with Crippen LogP contribution in [0.3, 0.4) is 0 Å². The van der Waals surface area contributed by atoms with Crippen molar-refractivity contribution in [1.29, 1.82) is 0 Å². The molecule has 1 aliphatic rings. The largest absolute Gasteiger partial charge is 0.497 e. The van der Waals surface area contributed by atoms with Crippen LogP contribution in [-0.4, -0.2) is 24.1 Å². The molecule has 1 aromatic carbocycles. The van der Waals surface area contributed by atoms with Crippen molar-refractivity contribution >= 4 is 11.9 Å². The normalized spacial score (nSPS) is 22.6. The molecule has 22 heavy (non-hydrogen) atoms. The van der Waals surface area contributed by atoms with Crippen LogP contribution in [0.15, 0.2) is 24.3 Å². The molecule has 5 heteroatoms. The van der Waals surface area contributed by atoms with Gasteiger partial charge in [0.15, 0.2) is 0 Å². The minimum atomic E-state index is -0.864. The van der Waals surface area contributed by atoms with Crippen molar-refractivity contribution < 1.29 is 19.4 Å². The van der Waals surface area contributed by atoms with Gasteiger partial charge >= 0.3 is 5.97 Å². The number of benzene rings is 1. The van der Waals surface area contributed by atoms with E-state index >= 15 is 0 Å². The molecular formula is C17H23NO4. The third-order valence-corrected chi connectivity index (χ3v) is 4.39. The molecule has 1 saturated carbocycles. The Kier molecular flexibility index (Phi) is 5.41. The standard InChI is InChI=1S/C17H23NO4/c1-11(12-7-9-13(22-2)10-8-12)18-16(19)14-5-3-4-6-15(14)17(20)21/h7-11,14-15H,3-6H2,1-2H3,(H,18,19)(H,20,21)/t11-,14-,15+/m0/s1. The van der Waals surface area contributed by atoms with E-state index in [1.165, 1.54) is 0 Å². The minimum absolute atomic E-state index is 0.157. The summed E-state index contributed by atoms with van der Waals surface area (Å²) in [5.41, 5.74) is 0.969. The van der Waals surface area contributed by atoms with Gasteiger partial charge in [0.2, 0.25) is 5.91 Å². The van der Waals surface area contributed by atoms with Crippen molar-refractivity contribution in [2.24, 2.45) is 11.8 Å². The number of ether oxygens (including phenoxy) is 1. The first-order chi connectivity index (χ1) is 10.5. The highest BCUT2D eigenvalue weighted by Crippen LogP contribution is 2.31. The summed E-state index contributed by atoms with van der Waals surface area (Å²) in [6, 6.07) is 7.34. The first-order valence-corrected chi connectivity index (χ1v) is 7.70. The van der Waals surface area contributed by atoms with E-state index < -0.39 is 17.8 Å². The Balaban J connectivity index is 2.01. The van der Waals surface area contributed by atoms with E-state index in [9.17, 15) is 14.7 Å². The highest BCUT2D eigenvalue weighted by molar-refractivity contribution is 5.85. The van der Waals surface area contributed by atoms with E-state index in [1.54, 1.807) is 7.11 Å². The van der Waals surface area contributed by atoms with Gasteiger partial charge in [0.25, 0.3) is 0 Å². The van der Waals surface area contributed by atoms with Gasteiger partial charge in [-0.25, -0.2) is 0 Å². The summed E-state index contributed by atoms with van der Waals surface area (Å²) in [7, 11) is 1.61. The number of aliphatic carboxylic acids is 1. The van der Waals surface area contributed by atoms with Crippen molar-refractivity contribution in [2.75, 3.05) is 7.11 Å². The van der Waals surface area contributed by atoms with Gasteiger partial charge in [0.1, 0.15) is 5.75 Å². The Morgan fingerprint density at radius 2 is 1.77 bits per heavy atom. The number of carboxylic acid groups (broad SMARTS) is 1. The fourth-order valence-electron chi connectivity index (χ4n) is 3.04. The molecule has 1 fully saturated rings. The lowest BCUT2D eigenvalue weighted by molar-refractivity contribution is -0.149. The maximum atomic E-state index is 12.4. The van der Waals surface area contributed by atoms with Crippen molar-refractivity contribution in [3.63, 3.8) is 0 Å². The van der Waals surface area contributed by atoms with Crippen LogP contribution in [0.2, 0.25) is 0 Å². The van der Waals surface area contributed by atoms with Crippen LogP contribution >= 0.6 is 0 Å². The maximum Gasteiger partial charge on any atom is 0.307 e. The van der Waals surface area contributed by atoms with E-state index in [-0.39, 0.29) is 11.9 Å². The van der Waals surface area contributed by atoms with Gasteiger partial charge in [-0.3, -0.25) is 9.59 Å². The van der Waals surface area contributed by atoms with Crippen LogP contribution in [0.5, 0.6) is 5.75 Å². The number of methoxy groups -OCH3 is 1. The van der Waals surface area contributed by atoms with E-state index in [2.05, 4.69) is 5.32 Å². The quantitative estimate of drug-likeness (QED) is 0.877. The Labute approximate surface area is 130 Å². The lowest BCUT2D eigenvalue weighted by Crippen LogP contribution is -2.40. The van der Waals surface area contributed by atoms with Gasteiger partial charge in [0, 0.05) is 0 Å². The van der Waals surface area contributed by atoms with Crippen molar-refractivity contribution in [3.05, 3.63) is 29.8 Å². The molecule has 1 aliphatic carbocycles. The molecule has 0 unspecified atom stereocenters. The molecule has 3 atom stereocenters. The van der Waals surface area contributed by atoms with Gasteiger partial charge in [-0.15, -0.1) is 0 Å². The summed E-state index contributed by atoms with van der Waals surface area (Å²) >= 11 is 0. The van der Waals surface area contributed by atoms with Gasteiger partial charge in [-0.1, -0.05) is 25.0 Å². The lowest BCUT2D eigenvalue weighted by atomic mass is 9.78. The zero-order chi connectivity index (χ0) is 16.1. The minimum Gasteiger partial charge on any atom is -0.497 e. The summed E-state index contributed by atoms with van der Waals surface area (Å²) < 4.78 is 5.11. The zero-order valence-electron chi connectivity index (χ0n) is 13.0. The van der Waals surface area contributed by atoms with Crippen LogP contribution in [0.1, 0.15) is 44.2 Å². The molecule has 0 aromatic heterocycles. The predicted molar refractivity (Wildman–Crippen MR) is 82.6 cm³/mol. The lowest BCUT2D eigenvalue weighted by Gasteiger charge is -2.28. The second-order valence-electron chi connectivity index (χ2n) is 5.84. The maximum absolute atomic E-state index is 12.4. The van der Waals surface area contributed by atoms with Crippen LogP contribution in [-0.2, 0) is 9.59 Å². The molecule has 0 bridgehead atoms. The fourth-order valence-corrected chi connectivity index (χ4v) is 3.04. The van der Waals surface area contributed by atoms with E-state index in [1.807, 2.05) is 31.2 Å². The van der Waals surface area contributed by atoms with Crippen LogP contribution < -0.4 is 10.1 Å². The molecule has 0 aliphatic heterocycles. The number of amides is 1. The molecule has 0 radical (unpaired) electrons. The van der Waals surface area contributed by atoms with Gasteiger partial charge in [0.05, 0.1) is 25.0 Å². The predicted octanol–water partition coefficient (Wildman–Crippen LogP) is 2.76. The molecule has 5 nitrogen and oxygen atoms in total. The zero-order valence-corrected chi connectivity index (χ0v) is 13.0. The number of carbonyl (C=O) groups is 2. The SMILES string of the molecule is COc1ccc([C@H](C)NC(=O)[C@H]2CCCC[C@H]2C(=O)O)cc1. The van der Waals surface area contributed by atoms with Gasteiger partial charge < -0.3 is 15.2 Å². The molecule has 2 rings (SSSR count). The second kappa shape index (κ2) is 7.29. The number of carbonyl (C=O) groups excluding carboxylic acids is 1. The Morgan fingerprint density at radius 1 is 1.18 bits per heavy atom. The Morgan fingerprint density at radius 3 is 2.32 bits per heavy atom. The number of hydrogen-bond donors (Lipinski definition) is 2. The van der Waals surface area contributed by atoms with Gasteiger partial charge in [-0.05, 0) is 37.5 Å². The molecule has 2 N–H and O–H groups in total. The summed E-state index contributed by atoms with van der Waals surface area (Å²) in [5, 5.41) is 12.2. The monoisotopic (exact) mass is 305 g/mol. The number of hydrogen-bond acceptors (Lipinski definition) is 3. The van der Waals surface area contributed by atoms with Crippen LogP contribution in [0.25, 0.3) is 0 Å². The first kappa shape index (κ1) is 16.3. The summed E-state index contributed by atoms with van der Waals surface area (Å²) in [6.07, 6.45) is 3.04. The summed E-state index contributed by atoms with van der Waals surface area (Å²) in [6.45, 7) is 1.90. The molecule has 0 saturated heterocycles. The third kappa shape index (κ3) is 3.78.